The zero-order chi connectivity index (χ0) is 12.4. The molecular weight excluding hydrogens is 244 g/mol. The van der Waals surface area contributed by atoms with Gasteiger partial charge in [-0.3, -0.25) is 4.98 Å². The Bertz CT molecular complexity index is 644. The van der Waals surface area contributed by atoms with Crippen LogP contribution in [0.4, 0.5) is 5.69 Å². The lowest BCUT2D eigenvalue weighted by Crippen LogP contribution is -1.90. The number of aromatic amines is 1. The third-order valence-electron chi connectivity index (χ3n) is 2.61. The fourth-order valence-corrected chi connectivity index (χ4v) is 2.55. The molecule has 2 heterocycles. The van der Waals surface area contributed by atoms with E-state index in [-0.39, 0.29) is 0 Å². The molecule has 0 saturated heterocycles. The molecule has 0 atom stereocenters. The van der Waals surface area contributed by atoms with Crippen molar-refractivity contribution in [2.45, 2.75) is 10.6 Å². The van der Waals surface area contributed by atoms with E-state index in [9.17, 15) is 0 Å². The number of nitrogens with one attached hydrogen (secondary N) is 1. The molecule has 0 radical (unpaired) electrons. The van der Waals surface area contributed by atoms with Crippen LogP contribution in [0, 0.1) is 0 Å². The number of benzene rings is 1. The molecule has 0 bridgehead atoms. The number of rotatable bonds is 3. The molecular formula is C13H12N4S. The van der Waals surface area contributed by atoms with Crippen molar-refractivity contribution in [3.05, 3.63) is 48.5 Å². The van der Waals surface area contributed by atoms with Crippen LogP contribution in [-0.2, 0) is 5.75 Å². The molecule has 5 heteroatoms. The second kappa shape index (κ2) is 4.70. The van der Waals surface area contributed by atoms with Crippen molar-refractivity contribution in [3.8, 4) is 0 Å². The summed E-state index contributed by atoms with van der Waals surface area (Å²) in [4.78, 5) is 12.8. The second-order valence-electron chi connectivity index (χ2n) is 3.90. The van der Waals surface area contributed by atoms with Gasteiger partial charge in [-0.15, -0.1) is 11.8 Å². The third kappa shape index (κ3) is 2.17. The average molecular weight is 256 g/mol. The number of nitrogens with two attached hydrogens (primary N) is 1. The van der Waals surface area contributed by atoms with E-state index < -0.39 is 0 Å². The number of para-hydroxylation sites is 2. The van der Waals surface area contributed by atoms with Gasteiger partial charge in [0.2, 0.25) is 0 Å². The molecule has 4 nitrogen and oxygen atoms in total. The number of nitrogens with zero attached hydrogens (tertiary/aromatic N) is 2. The predicted molar refractivity (Wildman–Crippen MR) is 74.3 cm³/mol. The smallest absolute Gasteiger partial charge is 0.117 e. The van der Waals surface area contributed by atoms with E-state index >= 15 is 0 Å². The quantitative estimate of drug-likeness (QED) is 0.707. The zero-order valence-electron chi connectivity index (χ0n) is 9.63. The van der Waals surface area contributed by atoms with Crippen molar-refractivity contribution in [2.24, 2.45) is 0 Å². The largest absolute Gasteiger partial charge is 0.397 e. The number of fused-ring (bicyclic) bond motifs is 1. The van der Waals surface area contributed by atoms with Crippen molar-refractivity contribution < 1.29 is 0 Å². The predicted octanol–water partition coefficient (Wildman–Crippen LogP) is 2.83. The molecule has 0 aliphatic carbocycles. The van der Waals surface area contributed by atoms with Gasteiger partial charge in [0.15, 0.2) is 0 Å². The fourth-order valence-electron chi connectivity index (χ4n) is 1.75. The maximum Gasteiger partial charge on any atom is 0.117 e. The Morgan fingerprint density at radius 3 is 2.94 bits per heavy atom. The zero-order valence-corrected chi connectivity index (χ0v) is 10.4. The summed E-state index contributed by atoms with van der Waals surface area (Å²) >= 11 is 1.66. The number of aromatic nitrogens is 3. The molecule has 18 heavy (non-hydrogen) atoms. The topological polar surface area (TPSA) is 67.6 Å². The maximum absolute atomic E-state index is 5.85. The van der Waals surface area contributed by atoms with Crippen LogP contribution < -0.4 is 5.73 Å². The van der Waals surface area contributed by atoms with Gasteiger partial charge in [0.05, 0.1) is 28.7 Å². The first kappa shape index (κ1) is 11.1. The maximum atomic E-state index is 5.85. The van der Waals surface area contributed by atoms with Gasteiger partial charge in [0.25, 0.3) is 0 Å². The molecule has 0 unspecified atom stereocenters. The molecule has 3 aromatic rings. The van der Waals surface area contributed by atoms with Gasteiger partial charge in [0.1, 0.15) is 5.82 Å². The number of hydrogen-bond acceptors (Lipinski definition) is 4. The van der Waals surface area contributed by atoms with Gasteiger partial charge in [-0.05, 0) is 18.2 Å². The van der Waals surface area contributed by atoms with Crippen LogP contribution in [-0.4, -0.2) is 15.0 Å². The summed E-state index contributed by atoms with van der Waals surface area (Å²) in [7, 11) is 0. The Kier molecular flexibility index (Phi) is 2.90. The third-order valence-corrected chi connectivity index (χ3v) is 3.71. The van der Waals surface area contributed by atoms with Gasteiger partial charge in [-0.2, -0.15) is 0 Å². The molecule has 90 valence electrons. The first-order chi connectivity index (χ1) is 8.83. The van der Waals surface area contributed by atoms with E-state index in [1.165, 1.54) is 0 Å². The molecule has 0 spiro atoms. The van der Waals surface area contributed by atoms with E-state index in [1.54, 1.807) is 24.2 Å². The lowest BCUT2D eigenvalue weighted by atomic mass is 10.3. The lowest BCUT2D eigenvalue weighted by molar-refractivity contribution is 1.14. The van der Waals surface area contributed by atoms with E-state index in [1.807, 2.05) is 30.3 Å². The normalized spacial score (nSPS) is 10.9. The van der Waals surface area contributed by atoms with Crippen molar-refractivity contribution in [1.82, 2.24) is 15.0 Å². The van der Waals surface area contributed by atoms with Crippen molar-refractivity contribution in [2.75, 3.05) is 5.73 Å². The van der Waals surface area contributed by atoms with Crippen LogP contribution in [0.3, 0.4) is 0 Å². The minimum atomic E-state index is 0.707. The van der Waals surface area contributed by atoms with Crippen LogP contribution in [0.15, 0.2) is 47.6 Å². The SMILES string of the molecule is Nc1cnccc1SCc1nc2ccccc2[nH]1. The Morgan fingerprint density at radius 1 is 1.22 bits per heavy atom. The number of imidazole rings is 1. The van der Waals surface area contributed by atoms with Gasteiger partial charge in [-0.25, -0.2) is 4.98 Å². The summed E-state index contributed by atoms with van der Waals surface area (Å²) in [6.07, 6.45) is 3.41. The van der Waals surface area contributed by atoms with Gasteiger partial charge < -0.3 is 10.7 Å². The van der Waals surface area contributed by atoms with Crippen LogP contribution in [0.2, 0.25) is 0 Å². The Morgan fingerprint density at radius 2 is 2.11 bits per heavy atom. The monoisotopic (exact) mass is 256 g/mol. The molecule has 0 saturated carbocycles. The summed E-state index contributed by atoms with van der Waals surface area (Å²) in [5.74, 6) is 1.72. The molecule has 0 aliphatic rings. The second-order valence-corrected chi connectivity index (χ2v) is 4.92. The molecule has 1 aromatic carbocycles. The van der Waals surface area contributed by atoms with E-state index in [0.717, 1.165) is 27.5 Å². The molecule has 0 fully saturated rings. The summed E-state index contributed by atoms with van der Waals surface area (Å²) in [6, 6.07) is 9.93. The van der Waals surface area contributed by atoms with Crippen LogP contribution in [0.1, 0.15) is 5.82 Å². The number of hydrogen-bond donors (Lipinski definition) is 2. The van der Waals surface area contributed by atoms with Gasteiger partial charge in [-0.1, -0.05) is 12.1 Å². The molecule has 3 rings (SSSR count). The Balaban J connectivity index is 1.79. The first-order valence-corrected chi connectivity index (χ1v) is 6.57. The highest BCUT2D eigenvalue weighted by Crippen LogP contribution is 2.26. The highest BCUT2D eigenvalue weighted by molar-refractivity contribution is 7.98. The molecule has 2 aromatic heterocycles. The first-order valence-electron chi connectivity index (χ1n) is 5.59. The van der Waals surface area contributed by atoms with Crippen molar-refractivity contribution >= 4 is 28.5 Å². The summed E-state index contributed by atoms with van der Waals surface area (Å²) in [5.41, 5.74) is 8.61. The Hall–Kier alpha value is -2.01. The number of thioether (sulfide) groups is 1. The summed E-state index contributed by atoms with van der Waals surface area (Å²) < 4.78 is 0. The van der Waals surface area contributed by atoms with Gasteiger partial charge in [0, 0.05) is 11.1 Å². The van der Waals surface area contributed by atoms with E-state index in [0.29, 0.717) is 5.69 Å². The van der Waals surface area contributed by atoms with Gasteiger partial charge >= 0.3 is 0 Å². The fraction of sp³-hybridized carbons (Fsp3) is 0.0769. The number of pyridine rings is 1. The number of H-pyrrole nitrogens is 1. The molecule has 0 amide bonds. The molecule has 3 N–H and O–H groups in total. The standard InChI is InChI=1S/C13H12N4S/c14-9-7-15-6-5-12(9)18-8-13-16-10-3-1-2-4-11(10)17-13/h1-7H,8,14H2,(H,16,17). The van der Waals surface area contributed by atoms with Crippen LogP contribution in [0.25, 0.3) is 11.0 Å². The van der Waals surface area contributed by atoms with Crippen molar-refractivity contribution in [3.63, 3.8) is 0 Å². The van der Waals surface area contributed by atoms with Crippen LogP contribution >= 0.6 is 11.8 Å². The number of anilines is 1. The van der Waals surface area contributed by atoms with Crippen LogP contribution in [0.5, 0.6) is 0 Å². The molecule has 0 aliphatic heterocycles. The Labute approximate surface area is 109 Å². The average Bonchev–Trinajstić information content (AvgIpc) is 2.80. The van der Waals surface area contributed by atoms with Crippen molar-refractivity contribution in [1.29, 1.82) is 0 Å². The minimum absolute atomic E-state index is 0.707. The highest BCUT2D eigenvalue weighted by atomic mass is 32.2. The van der Waals surface area contributed by atoms with E-state index in [4.69, 9.17) is 5.73 Å². The lowest BCUT2D eigenvalue weighted by Gasteiger charge is -2.02. The number of nitrogen functional groups attached to an aromatic ring is 1. The van der Waals surface area contributed by atoms with E-state index in [2.05, 4.69) is 15.0 Å². The summed E-state index contributed by atoms with van der Waals surface area (Å²) in [5, 5.41) is 0. The summed E-state index contributed by atoms with van der Waals surface area (Å²) in [6.45, 7) is 0. The highest BCUT2D eigenvalue weighted by Gasteiger charge is 2.04. The minimum Gasteiger partial charge on any atom is -0.397 e.